The van der Waals surface area contributed by atoms with Crippen molar-refractivity contribution in [1.82, 2.24) is 15.2 Å². The normalized spacial score (nSPS) is 15.6. The van der Waals surface area contributed by atoms with Gasteiger partial charge in [0, 0.05) is 38.0 Å². The first-order valence-electron chi connectivity index (χ1n) is 9.26. The molecular weight excluding hydrogens is 395 g/mol. The topological polar surface area (TPSA) is 124 Å². The summed E-state index contributed by atoms with van der Waals surface area (Å²) in [5.74, 6) is -1.83. The van der Waals surface area contributed by atoms with Crippen molar-refractivity contribution in [2.45, 2.75) is 19.1 Å². The van der Waals surface area contributed by atoms with Gasteiger partial charge in [-0.25, -0.2) is 9.37 Å². The number of hydrogen-bond acceptors (Lipinski definition) is 6. The van der Waals surface area contributed by atoms with Crippen LogP contribution in [0.25, 0.3) is 0 Å². The zero-order chi connectivity index (χ0) is 21.5. The van der Waals surface area contributed by atoms with Crippen molar-refractivity contribution in [2.75, 3.05) is 19.7 Å². The molecular formula is C20H21FN4O5. The fraction of sp³-hybridized carbons (Fsp3) is 0.300. The second-order valence-corrected chi connectivity index (χ2v) is 6.69. The number of pyridine rings is 1. The highest BCUT2D eigenvalue weighted by atomic mass is 19.1. The maximum absolute atomic E-state index is 13.2. The third-order valence-electron chi connectivity index (χ3n) is 4.36. The van der Waals surface area contributed by atoms with Gasteiger partial charge in [-0.05, 0) is 24.1 Å². The molecule has 0 spiro atoms. The van der Waals surface area contributed by atoms with E-state index in [-0.39, 0.29) is 31.7 Å². The van der Waals surface area contributed by atoms with E-state index in [9.17, 15) is 18.8 Å². The highest BCUT2D eigenvalue weighted by Gasteiger charge is 2.30. The molecule has 1 saturated heterocycles. The number of benzene rings is 1. The van der Waals surface area contributed by atoms with Crippen LogP contribution in [0.5, 0.6) is 11.6 Å². The summed E-state index contributed by atoms with van der Waals surface area (Å²) in [5, 5.41) is 2.54. The molecule has 2 heterocycles. The van der Waals surface area contributed by atoms with Crippen LogP contribution in [0, 0.1) is 5.82 Å². The van der Waals surface area contributed by atoms with Gasteiger partial charge in [-0.3, -0.25) is 14.4 Å². The van der Waals surface area contributed by atoms with Crippen molar-refractivity contribution < 1.29 is 28.2 Å². The molecule has 3 rings (SSSR count). The molecule has 1 aliphatic rings. The van der Waals surface area contributed by atoms with Crippen LogP contribution in [0.4, 0.5) is 4.39 Å². The average Bonchev–Trinajstić information content (AvgIpc) is 3.20. The number of nitrogens with zero attached hydrogens (tertiary/aromatic N) is 2. The predicted molar refractivity (Wildman–Crippen MR) is 103 cm³/mol. The highest BCUT2D eigenvalue weighted by Crippen LogP contribution is 2.20. The molecule has 0 aliphatic carbocycles. The number of carbonyl (C=O) groups is 3. The van der Waals surface area contributed by atoms with Crippen molar-refractivity contribution >= 4 is 17.7 Å². The summed E-state index contributed by atoms with van der Waals surface area (Å²) < 4.78 is 23.9. The number of rotatable bonds is 7. The molecule has 3 N–H and O–H groups in total. The largest absolute Gasteiger partial charge is 0.439 e. The lowest BCUT2D eigenvalue weighted by Crippen LogP contribution is -2.42. The van der Waals surface area contributed by atoms with E-state index in [0.29, 0.717) is 24.3 Å². The molecule has 1 fully saturated rings. The molecule has 1 aromatic carbocycles. The first-order valence-corrected chi connectivity index (χ1v) is 9.26. The summed E-state index contributed by atoms with van der Waals surface area (Å²) in [5.41, 5.74) is 5.68. The number of likely N-dealkylation sites (tertiary alicyclic amines) is 1. The van der Waals surface area contributed by atoms with Crippen LogP contribution in [0.3, 0.4) is 0 Å². The summed E-state index contributed by atoms with van der Waals surface area (Å²) in [6.07, 6.45) is 1.70. The second kappa shape index (κ2) is 9.79. The summed E-state index contributed by atoms with van der Waals surface area (Å²) in [6.45, 7) is 0.481. The van der Waals surface area contributed by atoms with Crippen LogP contribution in [0.15, 0.2) is 42.6 Å². The van der Waals surface area contributed by atoms with Gasteiger partial charge in [0.15, 0.2) is 0 Å². The van der Waals surface area contributed by atoms with Crippen molar-refractivity contribution in [3.8, 4) is 11.6 Å². The lowest BCUT2D eigenvalue weighted by Gasteiger charge is -2.16. The van der Waals surface area contributed by atoms with Gasteiger partial charge in [0.25, 0.3) is 0 Å². The molecule has 1 aromatic heterocycles. The molecule has 0 saturated carbocycles. The monoisotopic (exact) mass is 416 g/mol. The molecule has 10 heteroatoms. The third-order valence-corrected chi connectivity index (χ3v) is 4.36. The molecule has 0 bridgehead atoms. The predicted octanol–water partition coefficient (Wildman–Crippen LogP) is 0.732. The number of nitrogens with one attached hydrogen (secondary N) is 1. The van der Waals surface area contributed by atoms with Gasteiger partial charge in [0.1, 0.15) is 18.2 Å². The Morgan fingerprint density at radius 3 is 2.80 bits per heavy atom. The van der Waals surface area contributed by atoms with Crippen LogP contribution in [0.2, 0.25) is 0 Å². The number of hydrogen-bond donors (Lipinski definition) is 2. The smallest absolute Gasteiger partial charge is 0.311 e. The molecule has 1 unspecified atom stereocenters. The van der Waals surface area contributed by atoms with Gasteiger partial charge >= 0.3 is 11.8 Å². The Morgan fingerprint density at radius 1 is 1.27 bits per heavy atom. The first kappa shape index (κ1) is 21.2. The second-order valence-electron chi connectivity index (χ2n) is 6.69. The van der Waals surface area contributed by atoms with Crippen LogP contribution in [-0.2, 0) is 25.7 Å². The Morgan fingerprint density at radius 2 is 2.10 bits per heavy atom. The van der Waals surface area contributed by atoms with E-state index < -0.39 is 23.5 Å². The van der Waals surface area contributed by atoms with E-state index >= 15 is 0 Å². The van der Waals surface area contributed by atoms with Crippen molar-refractivity contribution in [2.24, 2.45) is 5.73 Å². The van der Waals surface area contributed by atoms with Crippen LogP contribution in [0.1, 0.15) is 12.0 Å². The van der Waals surface area contributed by atoms with Crippen LogP contribution >= 0.6 is 0 Å². The number of halogens is 1. The first-order chi connectivity index (χ1) is 14.4. The van der Waals surface area contributed by atoms with Crippen molar-refractivity contribution in [3.05, 3.63) is 54.0 Å². The van der Waals surface area contributed by atoms with Crippen LogP contribution in [-0.4, -0.2) is 53.4 Å². The number of primary amides is 1. The number of aromatic nitrogens is 1. The molecule has 2 aromatic rings. The van der Waals surface area contributed by atoms with E-state index in [1.807, 2.05) is 0 Å². The molecule has 1 aliphatic heterocycles. The fourth-order valence-corrected chi connectivity index (χ4v) is 2.88. The molecule has 158 valence electrons. The van der Waals surface area contributed by atoms with E-state index in [4.69, 9.17) is 15.2 Å². The Labute approximate surface area is 172 Å². The summed E-state index contributed by atoms with van der Waals surface area (Å²) in [6, 6.07) is 8.93. The zero-order valence-corrected chi connectivity index (χ0v) is 16.0. The van der Waals surface area contributed by atoms with E-state index in [1.54, 1.807) is 18.2 Å². The molecule has 0 radical (unpaired) electrons. The number of nitrogens with two attached hydrogens (primary N) is 1. The van der Waals surface area contributed by atoms with Gasteiger partial charge in [-0.15, -0.1) is 0 Å². The Balaban J connectivity index is 1.45. The summed E-state index contributed by atoms with van der Waals surface area (Å²) in [4.78, 5) is 40.6. The summed E-state index contributed by atoms with van der Waals surface area (Å²) in [7, 11) is 0. The van der Waals surface area contributed by atoms with E-state index in [2.05, 4.69) is 10.3 Å². The van der Waals surface area contributed by atoms with Gasteiger partial charge < -0.3 is 25.4 Å². The Kier molecular flexibility index (Phi) is 6.91. The minimum atomic E-state index is -0.745. The number of amides is 3. The van der Waals surface area contributed by atoms with E-state index in [0.717, 1.165) is 0 Å². The number of carbonyl (C=O) groups excluding carboxylic acids is 3. The van der Waals surface area contributed by atoms with Gasteiger partial charge in [-0.1, -0.05) is 12.1 Å². The summed E-state index contributed by atoms with van der Waals surface area (Å²) >= 11 is 0. The standard InChI is InChI=1S/C20H21FN4O5/c21-14-2-1-3-15(8-14)30-18-5-4-13(9-23-18)10-24-19(27)20(28)25-7-6-16(11-25)29-12-17(22)26/h1-5,8-9,16H,6-7,10-12H2,(H2,22,26)(H,24,27). The Bertz CT molecular complexity index is 922. The van der Waals surface area contributed by atoms with Crippen molar-refractivity contribution in [3.63, 3.8) is 0 Å². The number of ether oxygens (including phenoxy) is 2. The van der Waals surface area contributed by atoms with Crippen molar-refractivity contribution in [1.29, 1.82) is 0 Å². The lowest BCUT2D eigenvalue weighted by molar-refractivity contribution is -0.145. The molecule has 9 nitrogen and oxygen atoms in total. The minimum absolute atomic E-state index is 0.104. The SMILES string of the molecule is NC(=O)COC1CCN(C(=O)C(=O)NCc2ccc(Oc3cccc(F)c3)nc2)C1. The molecule has 3 amide bonds. The Hall–Kier alpha value is -3.53. The minimum Gasteiger partial charge on any atom is -0.439 e. The van der Waals surface area contributed by atoms with Gasteiger partial charge in [0.05, 0.1) is 6.10 Å². The van der Waals surface area contributed by atoms with Crippen LogP contribution < -0.4 is 15.8 Å². The van der Waals surface area contributed by atoms with Gasteiger partial charge in [0.2, 0.25) is 11.8 Å². The quantitative estimate of drug-likeness (QED) is 0.642. The van der Waals surface area contributed by atoms with E-state index in [1.165, 1.54) is 29.3 Å². The maximum Gasteiger partial charge on any atom is 0.311 e. The third kappa shape index (κ3) is 5.98. The average molecular weight is 416 g/mol. The highest BCUT2D eigenvalue weighted by molar-refractivity contribution is 6.35. The lowest BCUT2D eigenvalue weighted by atomic mass is 10.3. The molecule has 30 heavy (non-hydrogen) atoms. The van der Waals surface area contributed by atoms with Gasteiger partial charge in [-0.2, -0.15) is 0 Å². The molecule has 1 atom stereocenters. The fourth-order valence-electron chi connectivity index (χ4n) is 2.88. The zero-order valence-electron chi connectivity index (χ0n) is 16.0. The maximum atomic E-state index is 13.2.